The van der Waals surface area contributed by atoms with Gasteiger partial charge in [0.1, 0.15) is 11.6 Å². The lowest BCUT2D eigenvalue weighted by Crippen LogP contribution is -2.18. The highest BCUT2D eigenvalue weighted by molar-refractivity contribution is 7.85. The van der Waals surface area contributed by atoms with E-state index in [2.05, 4.69) is 0 Å². The van der Waals surface area contributed by atoms with Crippen molar-refractivity contribution in [3.8, 4) is 0 Å². The first-order valence-corrected chi connectivity index (χ1v) is 6.14. The van der Waals surface area contributed by atoms with E-state index in [1.54, 1.807) is 13.8 Å². The molecule has 0 aliphatic heterocycles. The van der Waals surface area contributed by atoms with Crippen LogP contribution in [-0.4, -0.2) is 22.0 Å². The highest BCUT2D eigenvalue weighted by Crippen LogP contribution is 2.09. The Labute approximate surface area is 96.1 Å². The van der Waals surface area contributed by atoms with Gasteiger partial charge in [0.2, 0.25) is 0 Å². The first-order chi connectivity index (χ1) is 7.49. The van der Waals surface area contributed by atoms with Gasteiger partial charge in [-0.1, -0.05) is 6.07 Å². The van der Waals surface area contributed by atoms with Crippen molar-refractivity contribution in [3.63, 3.8) is 0 Å². The normalized spacial score (nSPS) is 12.5. The molecule has 0 saturated heterocycles. The van der Waals surface area contributed by atoms with Crippen molar-refractivity contribution in [1.82, 2.24) is 0 Å². The van der Waals surface area contributed by atoms with Crippen molar-refractivity contribution in [1.29, 1.82) is 0 Å². The van der Waals surface area contributed by atoms with Gasteiger partial charge in [0, 0.05) is 4.90 Å². The van der Waals surface area contributed by atoms with Gasteiger partial charge in [-0.3, -0.25) is 9.00 Å². The maximum absolute atomic E-state index is 12.8. The van der Waals surface area contributed by atoms with Gasteiger partial charge in [-0.15, -0.1) is 0 Å². The molecule has 1 rings (SSSR count). The molecule has 0 aliphatic rings. The summed E-state index contributed by atoms with van der Waals surface area (Å²) in [6.45, 7) is 3.42. The predicted molar refractivity (Wildman–Crippen MR) is 58.9 cm³/mol. The van der Waals surface area contributed by atoms with Crippen LogP contribution in [0.1, 0.15) is 13.8 Å². The summed E-state index contributed by atoms with van der Waals surface area (Å²) in [5, 5.41) is 0. The second-order valence-electron chi connectivity index (χ2n) is 3.49. The van der Waals surface area contributed by atoms with Crippen LogP contribution in [0, 0.1) is 5.82 Å². The second-order valence-corrected chi connectivity index (χ2v) is 4.94. The van der Waals surface area contributed by atoms with Crippen LogP contribution < -0.4 is 0 Å². The summed E-state index contributed by atoms with van der Waals surface area (Å²) in [4.78, 5) is 11.5. The molecule has 1 unspecified atom stereocenters. The average molecular weight is 244 g/mol. The number of carbonyl (C=O) groups is 1. The molecule has 5 heteroatoms. The summed E-state index contributed by atoms with van der Waals surface area (Å²) in [5.74, 6) is -1.26. The summed E-state index contributed by atoms with van der Waals surface area (Å²) in [6, 6.07) is 5.38. The van der Waals surface area contributed by atoms with Crippen LogP contribution in [0.15, 0.2) is 29.2 Å². The standard InChI is InChI=1S/C11H13FO3S/c1-8(2)15-11(13)7-16(14)10-5-3-4-9(12)6-10/h3-6,8H,7H2,1-2H3. The monoisotopic (exact) mass is 244 g/mol. The molecule has 0 saturated carbocycles. The predicted octanol–water partition coefficient (Wildman–Crippen LogP) is 1.88. The van der Waals surface area contributed by atoms with E-state index in [-0.39, 0.29) is 11.9 Å². The number of halogens is 1. The van der Waals surface area contributed by atoms with E-state index in [4.69, 9.17) is 4.74 Å². The minimum atomic E-state index is -1.55. The van der Waals surface area contributed by atoms with E-state index in [0.29, 0.717) is 4.90 Å². The lowest BCUT2D eigenvalue weighted by Gasteiger charge is -2.07. The number of esters is 1. The van der Waals surface area contributed by atoms with Gasteiger partial charge in [0.05, 0.1) is 16.9 Å². The summed E-state index contributed by atoms with van der Waals surface area (Å²) >= 11 is 0. The number of rotatable bonds is 4. The molecular formula is C11H13FO3S. The Morgan fingerprint density at radius 1 is 1.50 bits per heavy atom. The molecule has 0 aromatic heterocycles. The summed E-state index contributed by atoms with van der Waals surface area (Å²) in [6.07, 6.45) is -0.239. The van der Waals surface area contributed by atoms with Gasteiger partial charge in [-0.2, -0.15) is 0 Å². The molecule has 0 spiro atoms. The van der Waals surface area contributed by atoms with Crippen molar-refractivity contribution < 1.29 is 18.1 Å². The van der Waals surface area contributed by atoms with Crippen LogP contribution in [-0.2, 0) is 20.3 Å². The molecule has 0 bridgehead atoms. The van der Waals surface area contributed by atoms with E-state index >= 15 is 0 Å². The topological polar surface area (TPSA) is 43.4 Å². The fourth-order valence-corrected chi connectivity index (χ4v) is 2.02. The van der Waals surface area contributed by atoms with Gasteiger partial charge >= 0.3 is 5.97 Å². The smallest absolute Gasteiger partial charge is 0.319 e. The third kappa shape index (κ3) is 4.10. The highest BCUT2D eigenvalue weighted by Gasteiger charge is 2.12. The zero-order chi connectivity index (χ0) is 12.1. The summed E-state index contributed by atoms with van der Waals surface area (Å²) in [5.41, 5.74) is 0. The molecule has 0 N–H and O–H groups in total. The Bertz CT molecular complexity index is 404. The fourth-order valence-electron chi connectivity index (χ4n) is 1.10. The minimum absolute atomic E-state index is 0.239. The Hall–Kier alpha value is -1.23. The van der Waals surface area contributed by atoms with E-state index in [1.165, 1.54) is 18.2 Å². The molecule has 0 fully saturated rings. The molecule has 0 amide bonds. The maximum Gasteiger partial charge on any atom is 0.319 e. The number of carbonyl (C=O) groups excluding carboxylic acids is 1. The second kappa shape index (κ2) is 5.75. The lowest BCUT2D eigenvalue weighted by atomic mass is 10.4. The van der Waals surface area contributed by atoms with Crippen LogP contribution in [0.2, 0.25) is 0 Å². The highest BCUT2D eigenvalue weighted by atomic mass is 32.2. The van der Waals surface area contributed by atoms with Crippen molar-refractivity contribution in [2.24, 2.45) is 0 Å². The Balaban J connectivity index is 2.62. The maximum atomic E-state index is 12.8. The quantitative estimate of drug-likeness (QED) is 0.760. The Kier molecular flexibility index (Phi) is 4.61. The van der Waals surface area contributed by atoms with E-state index in [9.17, 15) is 13.4 Å². The average Bonchev–Trinajstić information content (AvgIpc) is 2.16. The van der Waals surface area contributed by atoms with Gasteiger partial charge in [-0.05, 0) is 32.0 Å². The number of hydrogen-bond donors (Lipinski definition) is 0. The fraction of sp³-hybridized carbons (Fsp3) is 0.364. The number of benzene rings is 1. The number of hydrogen-bond acceptors (Lipinski definition) is 3. The van der Waals surface area contributed by atoms with Crippen molar-refractivity contribution in [2.45, 2.75) is 24.8 Å². The van der Waals surface area contributed by atoms with Crippen molar-refractivity contribution in [2.75, 3.05) is 5.75 Å². The first-order valence-electron chi connectivity index (χ1n) is 4.82. The van der Waals surface area contributed by atoms with Crippen LogP contribution in [0.3, 0.4) is 0 Å². The Morgan fingerprint density at radius 2 is 2.19 bits per heavy atom. The minimum Gasteiger partial charge on any atom is -0.462 e. The van der Waals surface area contributed by atoms with Gasteiger partial charge < -0.3 is 4.74 Å². The zero-order valence-electron chi connectivity index (χ0n) is 9.10. The largest absolute Gasteiger partial charge is 0.462 e. The molecular weight excluding hydrogens is 231 g/mol. The van der Waals surface area contributed by atoms with Gasteiger partial charge in [0.15, 0.2) is 0 Å². The number of ether oxygens (including phenoxy) is 1. The van der Waals surface area contributed by atoms with Crippen LogP contribution >= 0.6 is 0 Å². The molecule has 88 valence electrons. The molecule has 1 aromatic carbocycles. The SMILES string of the molecule is CC(C)OC(=O)CS(=O)c1cccc(F)c1. The van der Waals surface area contributed by atoms with E-state index in [0.717, 1.165) is 6.07 Å². The van der Waals surface area contributed by atoms with Crippen LogP contribution in [0.5, 0.6) is 0 Å². The molecule has 16 heavy (non-hydrogen) atoms. The van der Waals surface area contributed by atoms with E-state index in [1.807, 2.05) is 0 Å². The van der Waals surface area contributed by atoms with Crippen LogP contribution in [0.25, 0.3) is 0 Å². The molecule has 0 aliphatic carbocycles. The summed E-state index contributed by atoms with van der Waals surface area (Å²) in [7, 11) is -1.55. The zero-order valence-corrected chi connectivity index (χ0v) is 9.92. The molecule has 0 heterocycles. The summed E-state index contributed by atoms with van der Waals surface area (Å²) < 4.78 is 29.3. The Morgan fingerprint density at radius 3 is 2.75 bits per heavy atom. The molecule has 0 radical (unpaired) electrons. The van der Waals surface area contributed by atoms with Crippen LogP contribution in [0.4, 0.5) is 4.39 Å². The van der Waals surface area contributed by atoms with Crippen molar-refractivity contribution in [3.05, 3.63) is 30.1 Å². The molecule has 3 nitrogen and oxygen atoms in total. The van der Waals surface area contributed by atoms with E-state index < -0.39 is 22.6 Å². The molecule has 1 aromatic rings. The van der Waals surface area contributed by atoms with Gasteiger partial charge in [-0.25, -0.2) is 4.39 Å². The lowest BCUT2D eigenvalue weighted by molar-refractivity contribution is -0.144. The third-order valence-corrected chi connectivity index (χ3v) is 2.95. The first kappa shape index (κ1) is 12.8. The molecule has 1 atom stereocenters. The van der Waals surface area contributed by atoms with Crippen molar-refractivity contribution >= 4 is 16.8 Å². The third-order valence-electron chi connectivity index (χ3n) is 1.68. The van der Waals surface area contributed by atoms with Gasteiger partial charge in [0.25, 0.3) is 0 Å².